The number of sulfone groups is 1. The smallest absolute Gasteiger partial charge is 0.339 e. The molecule has 2 aromatic rings. The molecule has 24 heavy (non-hydrogen) atoms. The summed E-state index contributed by atoms with van der Waals surface area (Å²) in [4.78, 5) is 12.5. The number of halogens is 1. The Kier molecular flexibility index (Phi) is 4.47. The van der Waals surface area contributed by atoms with E-state index in [0.29, 0.717) is 23.6 Å². The molecule has 0 bridgehead atoms. The molecule has 0 atom stereocenters. The minimum atomic E-state index is -3.25. The average molecular weight is 363 g/mol. The number of cyclic esters (lactones) is 1. The first kappa shape index (κ1) is 16.7. The van der Waals surface area contributed by atoms with E-state index in [-0.39, 0.29) is 10.9 Å². The highest BCUT2D eigenvalue weighted by Gasteiger charge is 2.24. The van der Waals surface area contributed by atoms with E-state index in [1.807, 2.05) is 0 Å². The van der Waals surface area contributed by atoms with E-state index in [0.717, 1.165) is 16.7 Å². The van der Waals surface area contributed by atoms with Gasteiger partial charge in [-0.2, -0.15) is 0 Å². The third-order valence-electron chi connectivity index (χ3n) is 3.85. The third kappa shape index (κ3) is 3.37. The molecule has 0 amide bonds. The Labute approximate surface area is 145 Å². The number of rotatable bonds is 3. The highest BCUT2D eigenvalue weighted by Crippen LogP contribution is 2.34. The normalized spacial score (nSPS) is 15.3. The minimum absolute atomic E-state index is 0.248. The second-order valence-electron chi connectivity index (χ2n) is 5.54. The number of carbonyl (C=O) groups is 1. The van der Waals surface area contributed by atoms with Crippen LogP contribution in [0.2, 0.25) is 5.02 Å². The van der Waals surface area contributed by atoms with Crippen LogP contribution >= 0.6 is 11.6 Å². The van der Waals surface area contributed by atoms with Crippen LogP contribution in [0, 0.1) is 0 Å². The highest BCUT2D eigenvalue weighted by atomic mass is 35.5. The fourth-order valence-electron chi connectivity index (χ4n) is 2.67. The van der Waals surface area contributed by atoms with Crippen molar-refractivity contribution in [2.75, 3.05) is 12.9 Å². The molecule has 0 unspecified atom stereocenters. The molecule has 0 saturated carbocycles. The molecule has 1 aliphatic rings. The monoisotopic (exact) mass is 362 g/mol. The maximum absolute atomic E-state index is 12.3. The molecule has 1 heterocycles. The fourth-order valence-corrected chi connectivity index (χ4v) is 3.42. The second-order valence-corrected chi connectivity index (χ2v) is 8.00. The van der Waals surface area contributed by atoms with Crippen LogP contribution in [-0.4, -0.2) is 27.2 Å². The molecule has 3 rings (SSSR count). The molecule has 2 aromatic carbocycles. The van der Waals surface area contributed by atoms with Crippen LogP contribution < -0.4 is 0 Å². The van der Waals surface area contributed by atoms with E-state index in [4.69, 9.17) is 16.3 Å². The number of benzene rings is 2. The van der Waals surface area contributed by atoms with Crippen molar-refractivity contribution < 1.29 is 17.9 Å². The molecule has 0 N–H and O–H groups in total. The first-order valence-corrected chi connectivity index (χ1v) is 9.60. The molecule has 0 fully saturated rings. The lowest BCUT2D eigenvalue weighted by Crippen LogP contribution is -2.16. The summed E-state index contributed by atoms with van der Waals surface area (Å²) in [6, 6.07) is 13.5. The Morgan fingerprint density at radius 1 is 0.958 bits per heavy atom. The van der Waals surface area contributed by atoms with Crippen LogP contribution in [0.4, 0.5) is 0 Å². The highest BCUT2D eigenvalue weighted by molar-refractivity contribution is 7.90. The first-order valence-electron chi connectivity index (χ1n) is 7.33. The second kappa shape index (κ2) is 6.42. The topological polar surface area (TPSA) is 60.4 Å². The standard InChI is InChI=1S/C18H15ClO4S/c1-24(21,22)15-8-4-12(5-9-15)16-10-11-23-18(20)17(16)13-2-6-14(19)7-3-13/h2-9H,10-11H2,1H3. The lowest BCUT2D eigenvalue weighted by molar-refractivity contribution is -0.136. The van der Waals surface area contributed by atoms with Crippen molar-refractivity contribution in [2.24, 2.45) is 0 Å². The predicted molar refractivity (Wildman–Crippen MR) is 93.4 cm³/mol. The Morgan fingerprint density at radius 3 is 2.12 bits per heavy atom. The average Bonchev–Trinajstić information content (AvgIpc) is 2.55. The summed E-state index contributed by atoms with van der Waals surface area (Å²) in [5.41, 5.74) is 2.87. The largest absolute Gasteiger partial charge is 0.462 e. The van der Waals surface area contributed by atoms with Crippen molar-refractivity contribution in [3.05, 3.63) is 64.7 Å². The molecule has 4 nitrogen and oxygen atoms in total. The zero-order valence-corrected chi connectivity index (χ0v) is 14.5. The van der Waals surface area contributed by atoms with E-state index < -0.39 is 9.84 Å². The summed E-state index contributed by atoms with van der Waals surface area (Å²) < 4.78 is 28.4. The van der Waals surface area contributed by atoms with E-state index in [1.165, 1.54) is 6.26 Å². The molecular formula is C18H15ClO4S. The fraction of sp³-hybridized carbons (Fsp3) is 0.167. The molecule has 0 saturated heterocycles. The zero-order valence-electron chi connectivity index (χ0n) is 13.0. The summed E-state index contributed by atoms with van der Waals surface area (Å²) in [5, 5.41) is 0.586. The predicted octanol–water partition coefficient (Wildman–Crippen LogP) is 3.60. The van der Waals surface area contributed by atoms with Crippen molar-refractivity contribution in [1.82, 2.24) is 0 Å². The summed E-state index contributed by atoms with van der Waals surface area (Å²) in [7, 11) is -3.25. The molecule has 0 aromatic heterocycles. The van der Waals surface area contributed by atoms with Gasteiger partial charge in [-0.1, -0.05) is 35.9 Å². The lowest BCUT2D eigenvalue weighted by atomic mass is 9.91. The maximum Gasteiger partial charge on any atom is 0.339 e. The van der Waals surface area contributed by atoms with Gasteiger partial charge in [-0.05, 0) is 41.0 Å². The molecule has 0 spiro atoms. The van der Waals surface area contributed by atoms with Gasteiger partial charge in [0.25, 0.3) is 0 Å². The van der Waals surface area contributed by atoms with Gasteiger partial charge in [-0.3, -0.25) is 0 Å². The van der Waals surface area contributed by atoms with Gasteiger partial charge in [0, 0.05) is 17.7 Å². The SMILES string of the molecule is CS(=O)(=O)c1ccc(C2=C(c3ccc(Cl)cc3)C(=O)OCC2)cc1. The van der Waals surface area contributed by atoms with Gasteiger partial charge in [-0.15, -0.1) is 0 Å². The van der Waals surface area contributed by atoms with Gasteiger partial charge in [0.1, 0.15) is 0 Å². The zero-order chi connectivity index (χ0) is 17.3. The molecule has 0 radical (unpaired) electrons. The Hall–Kier alpha value is -2.11. The van der Waals surface area contributed by atoms with Crippen molar-refractivity contribution in [3.8, 4) is 0 Å². The van der Waals surface area contributed by atoms with E-state index >= 15 is 0 Å². The molecule has 0 aliphatic carbocycles. The van der Waals surface area contributed by atoms with Crippen molar-refractivity contribution >= 4 is 38.6 Å². The van der Waals surface area contributed by atoms with Crippen LogP contribution in [0.3, 0.4) is 0 Å². The number of carbonyl (C=O) groups excluding carboxylic acids is 1. The number of ether oxygens (including phenoxy) is 1. The van der Waals surface area contributed by atoms with Gasteiger partial charge in [0.2, 0.25) is 0 Å². The van der Waals surface area contributed by atoms with Gasteiger partial charge < -0.3 is 4.74 Å². The minimum Gasteiger partial charge on any atom is -0.462 e. The molecule has 1 aliphatic heterocycles. The Balaban J connectivity index is 2.12. The van der Waals surface area contributed by atoms with Crippen molar-refractivity contribution in [2.45, 2.75) is 11.3 Å². The lowest BCUT2D eigenvalue weighted by Gasteiger charge is -2.20. The van der Waals surface area contributed by atoms with Gasteiger partial charge in [-0.25, -0.2) is 13.2 Å². The number of hydrogen-bond donors (Lipinski definition) is 0. The van der Waals surface area contributed by atoms with Crippen LogP contribution in [0.15, 0.2) is 53.4 Å². The number of hydrogen-bond acceptors (Lipinski definition) is 4. The third-order valence-corrected chi connectivity index (χ3v) is 5.24. The summed E-state index contributed by atoms with van der Waals surface area (Å²) in [5.74, 6) is -0.384. The van der Waals surface area contributed by atoms with Crippen molar-refractivity contribution in [3.63, 3.8) is 0 Å². The van der Waals surface area contributed by atoms with Gasteiger partial charge in [0.05, 0.1) is 17.1 Å². The van der Waals surface area contributed by atoms with Crippen molar-refractivity contribution in [1.29, 1.82) is 0 Å². The molecule has 124 valence electrons. The molecular weight excluding hydrogens is 348 g/mol. The van der Waals surface area contributed by atoms with Crippen LogP contribution in [0.1, 0.15) is 17.5 Å². The summed E-state index contributed by atoms with van der Waals surface area (Å²) in [6.45, 7) is 0.305. The van der Waals surface area contributed by atoms with Gasteiger partial charge >= 0.3 is 5.97 Å². The van der Waals surface area contributed by atoms with Crippen LogP contribution in [0.25, 0.3) is 11.1 Å². The maximum atomic E-state index is 12.3. The van der Waals surface area contributed by atoms with E-state index in [9.17, 15) is 13.2 Å². The number of esters is 1. The Morgan fingerprint density at radius 2 is 1.54 bits per heavy atom. The van der Waals surface area contributed by atoms with Crippen LogP contribution in [-0.2, 0) is 19.4 Å². The summed E-state index contributed by atoms with van der Waals surface area (Å²) >= 11 is 5.91. The van der Waals surface area contributed by atoms with Gasteiger partial charge in [0.15, 0.2) is 9.84 Å². The summed E-state index contributed by atoms with van der Waals surface area (Å²) in [6.07, 6.45) is 1.74. The van der Waals surface area contributed by atoms with Crippen LogP contribution in [0.5, 0.6) is 0 Å². The first-order chi connectivity index (χ1) is 11.4. The quantitative estimate of drug-likeness (QED) is 0.783. The van der Waals surface area contributed by atoms with E-state index in [2.05, 4.69) is 0 Å². The molecule has 6 heteroatoms. The Bertz CT molecular complexity index is 910. The van der Waals surface area contributed by atoms with E-state index in [1.54, 1.807) is 48.5 Å².